The van der Waals surface area contributed by atoms with Crippen molar-refractivity contribution in [3.63, 3.8) is 0 Å². The lowest BCUT2D eigenvalue weighted by atomic mass is 9.73. The lowest BCUT2D eigenvalue weighted by Gasteiger charge is -2.31. The van der Waals surface area contributed by atoms with Crippen molar-refractivity contribution < 1.29 is 4.79 Å². The molecule has 1 amide bonds. The van der Waals surface area contributed by atoms with Gasteiger partial charge in [-0.2, -0.15) is 0 Å². The van der Waals surface area contributed by atoms with Gasteiger partial charge in [-0.25, -0.2) is 4.98 Å². The molecule has 5 heteroatoms. The largest absolute Gasteiger partial charge is 0.301 e. The van der Waals surface area contributed by atoms with Gasteiger partial charge in [-0.1, -0.05) is 48.5 Å². The number of hydrogen-bond donors (Lipinski definition) is 1. The number of nitrogens with one attached hydrogen (secondary N) is 1. The SMILES string of the molecule is C[C@]1(C(=O)Nc2nccs2)Cc2ccc(-c3ccncc3)cc2[C@H]1c1ccccc1. The molecule has 30 heavy (non-hydrogen) atoms. The molecule has 0 fully saturated rings. The second kappa shape index (κ2) is 7.50. The molecule has 2 heterocycles. The van der Waals surface area contributed by atoms with Crippen molar-refractivity contribution in [1.29, 1.82) is 0 Å². The van der Waals surface area contributed by atoms with Crippen LogP contribution in [-0.4, -0.2) is 15.9 Å². The third kappa shape index (κ3) is 3.21. The van der Waals surface area contributed by atoms with Gasteiger partial charge >= 0.3 is 0 Å². The fourth-order valence-corrected chi connectivity index (χ4v) is 5.04. The number of fused-ring (bicyclic) bond motifs is 1. The fraction of sp³-hybridized carbons (Fsp3) is 0.160. The van der Waals surface area contributed by atoms with Crippen molar-refractivity contribution >= 4 is 22.4 Å². The van der Waals surface area contributed by atoms with Crippen LogP contribution in [0.1, 0.15) is 29.5 Å². The molecule has 0 spiro atoms. The molecular formula is C25H21N3OS. The Morgan fingerprint density at radius 2 is 1.83 bits per heavy atom. The van der Waals surface area contributed by atoms with Gasteiger partial charge in [0.05, 0.1) is 5.41 Å². The fourth-order valence-electron chi connectivity index (χ4n) is 4.52. The standard InChI is InChI=1S/C25H21N3OS/c1-25(23(29)28-24-27-13-14-30-24)16-20-8-7-19(17-9-11-26-12-10-17)15-21(20)22(25)18-5-3-2-4-6-18/h2-15,22H,16H2,1H3,(H,27,28,29)/t22-,25+/m1/s1. The van der Waals surface area contributed by atoms with Gasteiger partial charge in [0, 0.05) is 29.9 Å². The molecule has 148 valence electrons. The van der Waals surface area contributed by atoms with Crippen LogP contribution in [0, 0.1) is 5.41 Å². The van der Waals surface area contributed by atoms with Crippen molar-refractivity contribution in [2.75, 3.05) is 5.32 Å². The zero-order valence-electron chi connectivity index (χ0n) is 16.6. The number of thiazole rings is 1. The van der Waals surface area contributed by atoms with Crippen molar-refractivity contribution in [2.24, 2.45) is 5.41 Å². The van der Waals surface area contributed by atoms with Crippen LogP contribution >= 0.6 is 11.3 Å². The molecule has 0 bridgehead atoms. The Bertz CT molecular complexity index is 1180. The van der Waals surface area contributed by atoms with E-state index in [1.54, 1.807) is 6.20 Å². The molecule has 1 N–H and O–H groups in total. The number of rotatable bonds is 4. The summed E-state index contributed by atoms with van der Waals surface area (Å²) >= 11 is 1.44. The van der Waals surface area contributed by atoms with Crippen molar-refractivity contribution in [2.45, 2.75) is 19.3 Å². The van der Waals surface area contributed by atoms with E-state index in [2.05, 4.69) is 52.5 Å². The molecule has 0 unspecified atom stereocenters. The number of carbonyl (C=O) groups excluding carboxylic acids is 1. The van der Waals surface area contributed by atoms with Gasteiger partial charge in [0.25, 0.3) is 0 Å². The minimum absolute atomic E-state index is 0.00737. The molecular weight excluding hydrogens is 390 g/mol. The molecule has 5 rings (SSSR count). The van der Waals surface area contributed by atoms with Crippen LogP contribution in [0.25, 0.3) is 11.1 Å². The van der Waals surface area contributed by atoms with E-state index in [4.69, 9.17) is 0 Å². The molecule has 4 nitrogen and oxygen atoms in total. The van der Waals surface area contributed by atoms with E-state index in [1.807, 2.05) is 48.1 Å². The molecule has 0 aliphatic heterocycles. The second-order valence-corrected chi connectivity index (χ2v) is 8.77. The Morgan fingerprint density at radius 1 is 1.03 bits per heavy atom. The Kier molecular flexibility index (Phi) is 4.68. The maximum absolute atomic E-state index is 13.5. The number of pyridine rings is 1. The first-order valence-electron chi connectivity index (χ1n) is 9.94. The molecule has 0 saturated heterocycles. The van der Waals surface area contributed by atoms with Crippen molar-refractivity contribution in [3.05, 3.63) is 101 Å². The number of nitrogens with zero attached hydrogens (tertiary/aromatic N) is 2. The summed E-state index contributed by atoms with van der Waals surface area (Å²) in [5.41, 5.74) is 5.25. The van der Waals surface area contributed by atoms with Gasteiger partial charge in [-0.3, -0.25) is 9.78 Å². The predicted octanol–water partition coefficient (Wildman–Crippen LogP) is 5.54. The predicted molar refractivity (Wildman–Crippen MR) is 121 cm³/mol. The Labute approximate surface area is 179 Å². The second-order valence-electron chi connectivity index (χ2n) is 7.88. The molecule has 1 aliphatic rings. The van der Waals surface area contributed by atoms with Gasteiger partial charge in [0.15, 0.2) is 5.13 Å². The number of hydrogen-bond acceptors (Lipinski definition) is 4. The molecule has 2 aromatic heterocycles. The summed E-state index contributed by atoms with van der Waals surface area (Å²) in [5, 5.41) is 5.56. The molecule has 2 atom stereocenters. The number of aromatic nitrogens is 2. The number of carbonyl (C=O) groups is 1. The van der Waals surface area contributed by atoms with Crippen LogP contribution < -0.4 is 5.32 Å². The van der Waals surface area contributed by atoms with Crippen molar-refractivity contribution in [1.82, 2.24) is 9.97 Å². The van der Waals surface area contributed by atoms with E-state index in [-0.39, 0.29) is 11.8 Å². The van der Waals surface area contributed by atoms with Crippen LogP contribution in [0.5, 0.6) is 0 Å². The highest BCUT2D eigenvalue weighted by Crippen LogP contribution is 2.52. The average molecular weight is 412 g/mol. The van der Waals surface area contributed by atoms with Crippen LogP contribution in [-0.2, 0) is 11.2 Å². The van der Waals surface area contributed by atoms with Crippen molar-refractivity contribution in [3.8, 4) is 11.1 Å². The highest BCUT2D eigenvalue weighted by atomic mass is 32.1. The number of benzene rings is 2. The summed E-state index contributed by atoms with van der Waals surface area (Å²) in [6.07, 6.45) is 6.02. The summed E-state index contributed by atoms with van der Waals surface area (Å²) in [6.45, 7) is 2.07. The van der Waals surface area contributed by atoms with Crippen LogP contribution in [0.15, 0.2) is 84.6 Å². The van der Waals surface area contributed by atoms with E-state index in [0.717, 1.165) is 16.7 Å². The van der Waals surface area contributed by atoms with E-state index in [1.165, 1.54) is 22.5 Å². The minimum Gasteiger partial charge on any atom is -0.301 e. The van der Waals surface area contributed by atoms with Crippen LogP contribution in [0.2, 0.25) is 0 Å². The Hall–Kier alpha value is -3.31. The first kappa shape index (κ1) is 18.7. The zero-order chi connectivity index (χ0) is 20.6. The average Bonchev–Trinajstić information content (AvgIpc) is 3.40. The lowest BCUT2D eigenvalue weighted by molar-refractivity contribution is -0.125. The number of anilines is 1. The molecule has 2 aromatic carbocycles. The summed E-state index contributed by atoms with van der Waals surface area (Å²) in [4.78, 5) is 21.9. The summed E-state index contributed by atoms with van der Waals surface area (Å²) in [6, 6.07) is 20.9. The number of amides is 1. The summed E-state index contributed by atoms with van der Waals surface area (Å²) in [5.74, 6) is -0.0246. The Morgan fingerprint density at radius 3 is 2.57 bits per heavy atom. The van der Waals surface area contributed by atoms with Gasteiger partial charge in [0.1, 0.15) is 0 Å². The van der Waals surface area contributed by atoms with E-state index < -0.39 is 5.41 Å². The molecule has 1 aliphatic carbocycles. The topological polar surface area (TPSA) is 54.9 Å². The first-order valence-corrected chi connectivity index (χ1v) is 10.8. The molecule has 0 saturated carbocycles. The first-order chi connectivity index (χ1) is 14.6. The zero-order valence-corrected chi connectivity index (χ0v) is 17.4. The maximum Gasteiger partial charge on any atom is 0.233 e. The van der Waals surface area contributed by atoms with Crippen LogP contribution in [0.4, 0.5) is 5.13 Å². The van der Waals surface area contributed by atoms with Gasteiger partial charge in [0.2, 0.25) is 5.91 Å². The van der Waals surface area contributed by atoms with Gasteiger partial charge < -0.3 is 5.32 Å². The van der Waals surface area contributed by atoms with E-state index in [0.29, 0.717) is 11.6 Å². The third-order valence-corrected chi connectivity index (χ3v) is 6.66. The monoisotopic (exact) mass is 411 g/mol. The lowest BCUT2D eigenvalue weighted by Crippen LogP contribution is -2.37. The highest BCUT2D eigenvalue weighted by molar-refractivity contribution is 7.13. The smallest absolute Gasteiger partial charge is 0.233 e. The molecule has 4 aromatic rings. The highest BCUT2D eigenvalue weighted by Gasteiger charge is 2.48. The Balaban J connectivity index is 1.60. The van der Waals surface area contributed by atoms with Gasteiger partial charge in [-0.05, 0) is 53.3 Å². The van der Waals surface area contributed by atoms with Crippen LogP contribution in [0.3, 0.4) is 0 Å². The van der Waals surface area contributed by atoms with E-state index >= 15 is 0 Å². The third-order valence-electron chi connectivity index (χ3n) is 5.97. The van der Waals surface area contributed by atoms with Gasteiger partial charge in [-0.15, -0.1) is 11.3 Å². The maximum atomic E-state index is 13.5. The summed E-state index contributed by atoms with van der Waals surface area (Å²) in [7, 11) is 0. The van der Waals surface area contributed by atoms with E-state index in [9.17, 15) is 4.79 Å². The molecule has 0 radical (unpaired) electrons. The summed E-state index contributed by atoms with van der Waals surface area (Å²) < 4.78 is 0. The normalized spacial score (nSPS) is 20.0. The minimum atomic E-state index is -0.605. The quantitative estimate of drug-likeness (QED) is 0.480.